The number of piperazine rings is 1. The number of urea groups is 1. The maximum Gasteiger partial charge on any atom is 0.332 e. The van der Waals surface area contributed by atoms with Crippen molar-refractivity contribution >= 4 is 51.4 Å². The third-order valence-corrected chi connectivity index (χ3v) is 7.06. The molecule has 2 bridgehead atoms. The highest BCUT2D eigenvalue weighted by Gasteiger charge is 2.62. The molecular formula is C24H18F2N4O2S. The normalized spacial score (nSPS) is 23.6. The predicted octanol–water partition coefficient (Wildman–Crippen LogP) is 4.11. The van der Waals surface area contributed by atoms with Gasteiger partial charge < -0.3 is 15.1 Å². The van der Waals surface area contributed by atoms with Crippen LogP contribution in [0, 0.1) is 11.6 Å². The maximum atomic E-state index is 14.1. The Morgan fingerprint density at radius 1 is 0.970 bits per heavy atom. The quantitative estimate of drug-likeness (QED) is 0.457. The van der Waals surface area contributed by atoms with Gasteiger partial charge in [0.1, 0.15) is 23.4 Å². The number of nitrogens with one attached hydrogen (secondary N) is 1. The molecule has 3 aromatic rings. The van der Waals surface area contributed by atoms with Crippen LogP contribution in [0.5, 0.6) is 0 Å². The second-order valence-electron chi connectivity index (χ2n) is 8.44. The Bertz CT molecular complexity index is 1320. The first-order valence-electron chi connectivity index (χ1n) is 10.6. The Morgan fingerprint density at radius 3 is 2.45 bits per heavy atom. The smallest absolute Gasteiger partial charge is 0.332 e. The molecule has 3 atom stereocenters. The average Bonchev–Trinajstić information content (AvgIpc) is 3.47. The molecule has 3 heterocycles. The first-order chi connectivity index (χ1) is 16.0. The molecule has 3 amide bonds. The van der Waals surface area contributed by atoms with Crippen molar-refractivity contribution in [2.45, 2.75) is 24.5 Å². The number of thiocarbonyl (C=S) groups is 1. The fourth-order valence-corrected chi connectivity index (χ4v) is 5.62. The number of carbonyl (C=O) groups is 2. The largest absolute Gasteiger partial charge is 0.341 e. The molecule has 6 nitrogen and oxygen atoms in total. The summed E-state index contributed by atoms with van der Waals surface area (Å²) in [5.41, 5.74) is 0.228. The van der Waals surface area contributed by atoms with Crippen molar-refractivity contribution in [2.24, 2.45) is 0 Å². The summed E-state index contributed by atoms with van der Waals surface area (Å²) in [5.74, 6) is -1.82. The van der Waals surface area contributed by atoms with Gasteiger partial charge in [-0.3, -0.25) is 4.79 Å². The van der Waals surface area contributed by atoms with E-state index in [1.807, 2.05) is 36.4 Å². The molecule has 3 aliphatic rings. The number of rotatable bonds is 2. The van der Waals surface area contributed by atoms with Crippen molar-refractivity contribution in [3.63, 3.8) is 0 Å². The summed E-state index contributed by atoms with van der Waals surface area (Å²) in [6.07, 6.45) is 0.576. The first kappa shape index (κ1) is 20.0. The standard InChI is InChI=1S/C24H18F2N4O2S/c25-16-8-4-9-17(26)20(16)27-23(33)28-12-14-11-19(28)21-22(31)30(24(32)29(14)21)18-10-3-6-13-5-1-2-7-15(13)18/h1-10,14,19,21H,11-12H2,(H,27,33)/t14-,19?,21+/m1/s1. The number of imide groups is 1. The predicted molar refractivity (Wildman–Crippen MR) is 124 cm³/mol. The molecule has 0 aliphatic carbocycles. The number of likely N-dealkylation sites (tertiary alicyclic amines) is 1. The van der Waals surface area contributed by atoms with Gasteiger partial charge in [0, 0.05) is 11.9 Å². The van der Waals surface area contributed by atoms with Gasteiger partial charge in [0.05, 0.1) is 17.8 Å². The zero-order chi connectivity index (χ0) is 22.9. The number of carbonyl (C=O) groups excluding carboxylic acids is 2. The van der Waals surface area contributed by atoms with E-state index in [9.17, 15) is 18.4 Å². The number of benzene rings is 3. The van der Waals surface area contributed by atoms with Crippen LogP contribution in [0.15, 0.2) is 60.7 Å². The molecule has 3 fully saturated rings. The summed E-state index contributed by atoms with van der Waals surface area (Å²) >= 11 is 5.45. The molecule has 6 rings (SSSR count). The van der Waals surface area contributed by atoms with Crippen molar-refractivity contribution in [3.05, 3.63) is 72.3 Å². The number of hydrogen-bond donors (Lipinski definition) is 1. The van der Waals surface area contributed by atoms with Crippen LogP contribution in [0.1, 0.15) is 6.42 Å². The SMILES string of the molecule is O=C1[C@@H]2C3C[C@H](CN3C(=S)Nc3c(F)cccc3F)N2C(=O)N1c1cccc2ccccc12. The fraction of sp³-hybridized carbons (Fsp3) is 0.208. The van der Waals surface area contributed by atoms with Crippen LogP contribution >= 0.6 is 12.2 Å². The van der Waals surface area contributed by atoms with Crippen molar-refractivity contribution < 1.29 is 18.4 Å². The van der Waals surface area contributed by atoms with Crippen molar-refractivity contribution in [2.75, 3.05) is 16.8 Å². The number of para-hydroxylation sites is 1. The minimum atomic E-state index is -0.752. The maximum absolute atomic E-state index is 14.1. The summed E-state index contributed by atoms with van der Waals surface area (Å²) in [4.78, 5) is 31.5. The molecule has 0 spiro atoms. The van der Waals surface area contributed by atoms with E-state index in [1.54, 1.807) is 15.9 Å². The zero-order valence-electron chi connectivity index (χ0n) is 17.2. The number of fused-ring (bicyclic) bond motifs is 6. The third-order valence-electron chi connectivity index (χ3n) is 6.73. The van der Waals surface area contributed by atoms with E-state index in [0.717, 1.165) is 22.9 Å². The lowest BCUT2D eigenvalue weighted by molar-refractivity contribution is -0.120. The summed E-state index contributed by atoms with van der Waals surface area (Å²) in [5, 5.41) is 4.55. The molecule has 1 unspecified atom stereocenters. The highest BCUT2D eigenvalue weighted by molar-refractivity contribution is 7.80. The number of halogens is 2. The lowest BCUT2D eigenvalue weighted by Crippen LogP contribution is -2.55. The van der Waals surface area contributed by atoms with Gasteiger partial charge in [0.25, 0.3) is 5.91 Å². The van der Waals surface area contributed by atoms with Crippen molar-refractivity contribution in [1.82, 2.24) is 9.80 Å². The van der Waals surface area contributed by atoms with E-state index in [2.05, 4.69) is 5.32 Å². The highest BCUT2D eigenvalue weighted by Crippen LogP contribution is 2.43. The summed E-state index contributed by atoms with van der Waals surface area (Å²) < 4.78 is 28.2. The van der Waals surface area contributed by atoms with Gasteiger partial charge in [-0.25, -0.2) is 18.5 Å². The van der Waals surface area contributed by atoms with Gasteiger partial charge in [0.2, 0.25) is 0 Å². The molecule has 0 saturated carbocycles. The molecule has 166 valence electrons. The number of hydrogen-bond acceptors (Lipinski definition) is 3. The topological polar surface area (TPSA) is 55.9 Å². The molecular weight excluding hydrogens is 446 g/mol. The summed E-state index contributed by atoms with van der Waals surface area (Å²) in [6.45, 7) is 0.394. The monoisotopic (exact) mass is 464 g/mol. The van der Waals surface area contributed by atoms with Gasteiger partial charge in [-0.15, -0.1) is 0 Å². The molecule has 1 N–H and O–H groups in total. The molecule has 3 aliphatic heterocycles. The summed E-state index contributed by atoms with van der Waals surface area (Å²) in [6, 6.07) is 15.1. The third kappa shape index (κ3) is 2.85. The minimum absolute atomic E-state index is 0.134. The molecule has 9 heteroatoms. The van der Waals surface area contributed by atoms with E-state index in [4.69, 9.17) is 12.2 Å². The van der Waals surface area contributed by atoms with Gasteiger partial charge in [-0.05, 0) is 42.2 Å². The zero-order valence-corrected chi connectivity index (χ0v) is 18.1. The van der Waals surface area contributed by atoms with Crippen LogP contribution in [0.3, 0.4) is 0 Å². The Hall–Kier alpha value is -3.59. The highest BCUT2D eigenvalue weighted by atomic mass is 32.1. The second kappa shape index (κ2) is 7.21. The minimum Gasteiger partial charge on any atom is -0.341 e. The molecule has 3 saturated heterocycles. The lowest BCUT2D eigenvalue weighted by atomic mass is 10.1. The van der Waals surface area contributed by atoms with Gasteiger partial charge >= 0.3 is 6.03 Å². The van der Waals surface area contributed by atoms with Crippen LogP contribution in [-0.2, 0) is 4.79 Å². The van der Waals surface area contributed by atoms with Crippen LogP contribution < -0.4 is 10.2 Å². The van der Waals surface area contributed by atoms with Gasteiger partial charge in [0.15, 0.2) is 5.11 Å². The van der Waals surface area contributed by atoms with Gasteiger partial charge in [-0.2, -0.15) is 0 Å². The Balaban J connectivity index is 1.30. The Morgan fingerprint density at radius 2 is 1.67 bits per heavy atom. The van der Waals surface area contributed by atoms with Crippen molar-refractivity contribution in [3.8, 4) is 0 Å². The molecule has 0 aromatic heterocycles. The van der Waals surface area contributed by atoms with E-state index in [-0.39, 0.29) is 34.8 Å². The van der Waals surface area contributed by atoms with Crippen molar-refractivity contribution in [1.29, 1.82) is 0 Å². The van der Waals surface area contributed by atoms with E-state index in [0.29, 0.717) is 18.7 Å². The molecule has 0 radical (unpaired) electrons. The first-order valence-corrected chi connectivity index (χ1v) is 11.0. The van der Waals surface area contributed by atoms with Crippen LogP contribution in [0.4, 0.5) is 25.0 Å². The van der Waals surface area contributed by atoms with E-state index in [1.165, 1.54) is 11.0 Å². The molecule has 33 heavy (non-hydrogen) atoms. The number of nitrogens with zero attached hydrogens (tertiary/aromatic N) is 3. The summed E-state index contributed by atoms with van der Waals surface area (Å²) in [7, 11) is 0. The van der Waals surface area contributed by atoms with E-state index >= 15 is 0 Å². The Labute approximate surface area is 193 Å². The van der Waals surface area contributed by atoms with Gasteiger partial charge in [-0.1, -0.05) is 42.5 Å². The molecule has 3 aromatic carbocycles. The number of anilines is 2. The lowest BCUT2D eigenvalue weighted by Gasteiger charge is -2.36. The fourth-order valence-electron chi connectivity index (χ4n) is 5.31. The Kier molecular flexibility index (Phi) is 4.38. The van der Waals surface area contributed by atoms with Crippen LogP contribution in [-0.4, -0.2) is 51.5 Å². The second-order valence-corrected chi connectivity index (χ2v) is 8.83. The average molecular weight is 464 g/mol. The van der Waals surface area contributed by atoms with Crippen LogP contribution in [0.25, 0.3) is 10.8 Å². The number of amides is 3. The van der Waals surface area contributed by atoms with Crippen LogP contribution in [0.2, 0.25) is 0 Å². The van der Waals surface area contributed by atoms with E-state index < -0.39 is 17.7 Å².